The fourth-order valence-corrected chi connectivity index (χ4v) is 2.40. The van der Waals surface area contributed by atoms with Gasteiger partial charge < -0.3 is 14.8 Å². The molecule has 0 radical (unpaired) electrons. The van der Waals surface area contributed by atoms with Crippen molar-refractivity contribution in [3.63, 3.8) is 0 Å². The van der Waals surface area contributed by atoms with Crippen molar-refractivity contribution in [2.24, 2.45) is 0 Å². The molecule has 1 atom stereocenters. The van der Waals surface area contributed by atoms with E-state index in [1.807, 2.05) is 18.2 Å². The second-order valence-electron chi connectivity index (χ2n) is 5.16. The average molecular weight is 285 g/mol. The summed E-state index contributed by atoms with van der Waals surface area (Å²) in [5.41, 5.74) is 3.52. The summed E-state index contributed by atoms with van der Waals surface area (Å²) in [7, 11) is 3.41. The molecule has 0 fully saturated rings. The van der Waals surface area contributed by atoms with Crippen LogP contribution in [0.4, 0.5) is 0 Å². The molecule has 0 aromatic heterocycles. The summed E-state index contributed by atoms with van der Waals surface area (Å²) in [6.07, 6.45) is 0. The van der Waals surface area contributed by atoms with Crippen molar-refractivity contribution in [2.75, 3.05) is 14.2 Å². The number of ether oxygens (including phenoxy) is 2. The fourth-order valence-electron chi connectivity index (χ4n) is 2.40. The molecule has 0 aliphatic carbocycles. The molecule has 2 aromatic rings. The van der Waals surface area contributed by atoms with Gasteiger partial charge in [-0.3, -0.25) is 0 Å². The fraction of sp³-hybridized carbons (Fsp3) is 0.333. The lowest BCUT2D eigenvalue weighted by molar-refractivity contribution is 0.397. The van der Waals surface area contributed by atoms with Crippen LogP contribution in [-0.4, -0.2) is 14.2 Å². The van der Waals surface area contributed by atoms with Crippen LogP contribution >= 0.6 is 0 Å². The van der Waals surface area contributed by atoms with Crippen LogP contribution in [0.15, 0.2) is 42.5 Å². The Hall–Kier alpha value is -2.00. The molecule has 0 aliphatic heterocycles. The number of nitrogens with one attached hydrogen (secondary N) is 1. The Labute approximate surface area is 126 Å². The minimum absolute atomic E-state index is 0.200. The molecule has 3 heteroatoms. The van der Waals surface area contributed by atoms with Crippen molar-refractivity contribution in [1.82, 2.24) is 5.32 Å². The lowest BCUT2D eigenvalue weighted by atomic mass is 10.0. The zero-order valence-corrected chi connectivity index (χ0v) is 13.1. The van der Waals surface area contributed by atoms with E-state index in [1.54, 1.807) is 14.2 Å². The first-order valence-corrected chi connectivity index (χ1v) is 7.15. The van der Waals surface area contributed by atoms with Crippen LogP contribution in [0.5, 0.6) is 11.5 Å². The highest BCUT2D eigenvalue weighted by molar-refractivity contribution is 5.39. The van der Waals surface area contributed by atoms with E-state index < -0.39 is 0 Å². The number of hydrogen-bond acceptors (Lipinski definition) is 3. The van der Waals surface area contributed by atoms with Gasteiger partial charge in [0.2, 0.25) is 0 Å². The largest absolute Gasteiger partial charge is 0.496 e. The summed E-state index contributed by atoms with van der Waals surface area (Å²) in [6.45, 7) is 4.96. The van der Waals surface area contributed by atoms with E-state index in [1.165, 1.54) is 5.56 Å². The highest BCUT2D eigenvalue weighted by Crippen LogP contribution is 2.27. The molecule has 0 heterocycles. The number of methoxy groups -OCH3 is 2. The summed E-state index contributed by atoms with van der Waals surface area (Å²) in [5, 5.41) is 3.52. The van der Waals surface area contributed by atoms with Gasteiger partial charge >= 0.3 is 0 Å². The number of benzene rings is 2. The van der Waals surface area contributed by atoms with Crippen LogP contribution in [0.3, 0.4) is 0 Å². The normalized spacial score (nSPS) is 12.0. The zero-order valence-electron chi connectivity index (χ0n) is 13.1. The van der Waals surface area contributed by atoms with Crippen molar-refractivity contribution < 1.29 is 9.47 Å². The van der Waals surface area contributed by atoms with E-state index >= 15 is 0 Å². The minimum atomic E-state index is 0.200. The maximum Gasteiger partial charge on any atom is 0.123 e. The molecule has 2 aromatic carbocycles. The van der Waals surface area contributed by atoms with Gasteiger partial charge in [0.15, 0.2) is 0 Å². The van der Waals surface area contributed by atoms with E-state index in [9.17, 15) is 0 Å². The Bertz CT molecular complexity index is 596. The summed E-state index contributed by atoms with van der Waals surface area (Å²) >= 11 is 0. The Morgan fingerprint density at radius 3 is 2.43 bits per heavy atom. The predicted molar refractivity (Wildman–Crippen MR) is 86.0 cm³/mol. The first kappa shape index (κ1) is 15.4. The van der Waals surface area contributed by atoms with Crippen molar-refractivity contribution in [2.45, 2.75) is 26.4 Å². The Morgan fingerprint density at radius 1 is 1.00 bits per heavy atom. The Kier molecular flexibility index (Phi) is 5.23. The third-order valence-corrected chi connectivity index (χ3v) is 3.65. The molecule has 1 N–H and O–H groups in total. The number of aryl methyl sites for hydroxylation is 1. The molecule has 0 aliphatic rings. The maximum atomic E-state index is 5.48. The summed E-state index contributed by atoms with van der Waals surface area (Å²) in [4.78, 5) is 0. The number of para-hydroxylation sites is 1. The van der Waals surface area contributed by atoms with Crippen molar-refractivity contribution >= 4 is 0 Å². The van der Waals surface area contributed by atoms with Crippen LogP contribution in [0, 0.1) is 6.92 Å². The van der Waals surface area contributed by atoms with Crippen LogP contribution in [0.25, 0.3) is 0 Å². The van der Waals surface area contributed by atoms with Crippen LogP contribution in [0.2, 0.25) is 0 Å². The van der Waals surface area contributed by atoms with Gasteiger partial charge in [-0.2, -0.15) is 0 Å². The maximum absolute atomic E-state index is 5.48. The van der Waals surface area contributed by atoms with E-state index in [4.69, 9.17) is 9.47 Å². The first-order valence-electron chi connectivity index (χ1n) is 7.15. The molecule has 0 saturated carbocycles. The first-order chi connectivity index (χ1) is 10.2. The zero-order chi connectivity index (χ0) is 15.2. The molecule has 3 nitrogen and oxygen atoms in total. The van der Waals surface area contributed by atoms with E-state index in [0.29, 0.717) is 0 Å². The number of hydrogen-bond donors (Lipinski definition) is 1. The third kappa shape index (κ3) is 3.76. The second kappa shape index (κ2) is 7.14. The molecule has 112 valence electrons. The van der Waals surface area contributed by atoms with Crippen molar-refractivity contribution in [3.8, 4) is 11.5 Å². The third-order valence-electron chi connectivity index (χ3n) is 3.65. The highest BCUT2D eigenvalue weighted by atomic mass is 16.5. The van der Waals surface area contributed by atoms with Gasteiger partial charge in [-0.25, -0.2) is 0 Å². The van der Waals surface area contributed by atoms with Crippen LogP contribution < -0.4 is 14.8 Å². The topological polar surface area (TPSA) is 30.5 Å². The van der Waals surface area contributed by atoms with Crippen LogP contribution in [-0.2, 0) is 6.54 Å². The second-order valence-corrected chi connectivity index (χ2v) is 5.16. The molecule has 21 heavy (non-hydrogen) atoms. The molecule has 2 rings (SSSR count). The monoisotopic (exact) mass is 285 g/mol. The van der Waals surface area contributed by atoms with Gasteiger partial charge in [-0.05, 0) is 31.5 Å². The van der Waals surface area contributed by atoms with Gasteiger partial charge in [0, 0.05) is 23.7 Å². The summed E-state index contributed by atoms with van der Waals surface area (Å²) in [6, 6.07) is 14.6. The van der Waals surface area contributed by atoms with E-state index in [-0.39, 0.29) is 6.04 Å². The molecular formula is C18H23NO2. The Balaban J connectivity index is 2.10. The van der Waals surface area contributed by atoms with Gasteiger partial charge in [0.05, 0.1) is 14.2 Å². The number of rotatable bonds is 6. The summed E-state index contributed by atoms with van der Waals surface area (Å²) < 4.78 is 10.9. The van der Waals surface area contributed by atoms with Crippen molar-refractivity contribution in [1.29, 1.82) is 0 Å². The standard InChI is InChI=1S/C18H23NO2/c1-13-9-10-16(18(11-13)21-4)14(2)19-12-15-7-5-6-8-17(15)20-3/h5-11,14,19H,12H2,1-4H3. The molecule has 0 spiro atoms. The lowest BCUT2D eigenvalue weighted by Crippen LogP contribution is -2.19. The predicted octanol–water partition coefficient (Wildman–Crippen LogP) is 3.86. The molecule has 1 unspecified atom stereocenters. The highest BCUT2D eigenvalue weighted by Gasteiger charge is 2.12. The van der Waals surface area contributed by atoms with Gasteiger partial charge in [0.25, 0.3) is 0 Å². The van der Waals surface area contributed by atoms with Crippen molar-refractivity contribution in [3.05, 3.63) is 59.2 Å². The Morgan fingerprint density at radius 2 is 1.71 bits per heavy atom. The van der Waals surface area contributed by atoms with E-state index in [0.717, 1.165) is 29.2 Å². The minimum Gasteiger partial charge on any atom is -0.496 e. The molecular weight excluding hydrogens is 262 g/mol. The van der Waals surface area contributed by atoms with Gasteiger partial charge in [-0.15, -0.1) is 0 Å². The molecule has 0 saturated heterocycles. The quantitative estimate of drug-likeness (QED) is 0.874. The smallest absolute Gasteiger partial charge is 0.123 e. The van der Waals surface area contributed by atoms with Crippen LogP contribution in [0.1, 0.15) is 29.7 Å². The van der Waals surface area contributed by atoms with Gasteiger partial charge in [-0.1, -0.05) is 30.3 Å². The lowest BCUT2D eigenvalue weighted by Gasteiger charge is -2.18. The van der Waals surface area contributed by atoms with Gasteiger partial charge in [0.1, 0.15) is 11.5 Å². The van der Waals surface area contributed by atoms with E-state index in [2.05, 4.69) is 43.4 Å². The average Bonchev–Trinajstić information content (AvgIpc) is 2.52. The molecule has 0 amide bonds. The molecule has 0 bridgehead atoms. The summed E-state index contributed by atoms with van der Waals surface area (Å²) in [5.74, 6) is 1.84. The SMILES string of the molecule is COc1ccccc1CNC(C)c1ccc(C)cc1OC.